The maximum Gasteiger partial charge on any atom is 0.255 e. The number of carbonyl (C=O) groups is 2. The van der Waals surface area contributed by atoms with Gasteiger partial charge in [-0.2, -0.15) is 0 Å². The van der Waals surface area contributed by atoms with Crippen LogP contribution >= 0.6 is 23.2 Å². The van der Waals surface area contributed by atoms with E-state index < -0.39 is 0 Å². The van der Waals surface area contributed by atoms with Crippen molar-refractivity contribution in [3.05, 3.63) is 87.9 Å². The molecule has 0 saturated heterocycles. The molecular weight excluding hydrogens is 439 g/mol. The molecule has 3 aromatic rings. The molecule has 0 aromatic heterocycles. The van der Waals surface area contributed by atoms with Gasteiger partial charge in [-0.1, -0.05) is 23.2 Å². The maximum atomic E-state index is 12.5. The first-order valence-corrected chi connectivity index (χ1v) is 10.1. The molecule has 0 radical (unpaired) electrons. The molecule has 0 unspecified atom stereocenters. The molecule has 3 aromatic carbocycles. The minimum absolute atomic E-state index is 0.271. The monoisotopic (exact) mass is 458 g/mol. The number of hydrogen-bond donors (Lipinski definition) is 2. The van der Waals surface area contributed by atoms with E-state index in [0.717, 1.165) is 0 Å². The van der Waals surface area contributed by atoms with Crippen LogP contribution in [0.4, 0.5) is 11.4 Å². The highest BCUT2D eigenvalue weighted by Gasteiger charge is 2.10. The van der Waals surface area contributed by atoms with Crippen molar-refractivity contribution < 1.29 is 19.1 Å². The molecule has 6 nitrogen and oxygen atoms in total. The topological polar surface area (TPSA) is 76.7 Å². The van der Waals surface area contributed by atoms with Crippen LogP contribution < -0.4 is 15.4 Å². The van der Waals surface area contributed by atoms with Gasteiger partial charge in [-0.25, -0.2) is 0 Å². The summed E-state index contributed by atoms with van der Waals surface area (Å²) in [5, 5.41) is 6.31. The second-order valence-corrected chi connectivity index (χ2v) is 7.38. The SMILES string of the molecule is COCCOc1ccc(NC(=O)c2ccc(NC(=O)c3cc(Cl)cc(Cl)c3)cc2)cc1. The van der Waals surface area contributed by atoms with Gasteiger partial charge in [0.15, 0.2) is 0 Å². The second kappa shape index (κ2) is 10.8. The van der Waals surface area contributed by atoms with Crippen molar-refractivity contribution in [2.24, 2.45) is 0 Å². The Hall–Kier alpha value is -3.06. The van der Waals surface area contributed by atoms with Crippen molar-refractivity contribution >= 4 is 46.4 Å². The number of ether oxygens (including phenoxy) is 2. The number of amides is 2. The van der Waals surface area contributed by atoms with E-state index in [1.54, 1.807) is 61.7 Å². The Morgan fingerprint density at radius 3 is 1.81 bits per heavy atom. The summed E-state index contributed by atoms with van der Waals surface area (Å²) < 4.78 is 10.4. The normalized spacial score (nSPS) is 10.4. The van der Waals surface area contributed by atoms with Crippen molar-refractivity contribution in [2.45, 2.75) is 0 Å². The van der Waals surface area contributed by atoms with Crippen molar-refractivity contribution in [1.82, 2.24) is 0 Å². The number of hydrogen-bond acceptors (Lipinski definition) is 4. The molecular formula is C23H20Cl2N2O4. The first-order valence-electron chi connectivity index (χ1n) is 9.35. The fourth-order valence-electron chi connectivity index (χ4n) is 2.67. The van der Waals surface area contributed by atoms with Crippen LogP contribution in [0.1, 0.15) is 20.7 Å². The average molecular weight is 459 g/mol. The molecule has 0 bridgehead atoms. The number of halogens is 2. The van der Waals surface area contributed by atoms with Gasteiger partial charge in [-0.05, 0) is 66.7 Å². The zero-order valence-electron chi connectivity index (χ0n) is 16.7. The Morgan fingerprint density at radius 1 is 0.742 bits per heavy atom. The van der Waals surface area contributed by atoms with E-state index in [4.69, 9.17) is 32.7 Å². The van der Waals surface area contributed by atoms with Crippen LogP contribution in [0.25, 0.3) is 0 Å². The Morgan fingerprint density at radius 2 is 1.26 bits per heavy atom. The molecule has 0 aliphatic heterocycles. The lowest BCUT2D eigenvalue weighted by Crippen LogP contribution is -2.13. The molecule has 0 aliphatic carbocycles. The molecule has 0 saturated carbocycles. The molecule has 0 atom stereocenters. The van der Waals surface area contributed by atoms with Crippen molar-refractivity contribution in [2.75, 3.05) is 31.0 Å². The predicted octanol–water partition coefficient (Wildman–Crippen LogP) is 5.52. The smallest absolute Gasteiger partial charge is 0.255 e. The first kappa shape index (κ1) is 22.6. The summed E-state index contributed by atoms with van der Waals surface area (Å²) in [4.78, 5) is 24.8. The summed E-state index contributed by atoms with van der Waals surface area (Å²) in [6.07, 6.45) is 0. The predicted molar refractivity (Wildman–Crippen MR) is 123 cm³/mol. The average Bonchev–Trinajstić information content (AvgIpc) is 2.75. The zero-order valence-corrected chi connectivity index (χ0v) is 18.2. The summed E-state index contributed by atoms with van der Waals surface area (Å²) in [5.41, 5.74) is 1.97. The number of benzene rings is 3. The molecule has 0 heterocycles. The fourth-order valence-corrected chi connectivity index (χ4v) is 3.20. The minimum atomic E-state index is -0.352. The van der Waals surface area contributed by atoms with Gasteiger partial charge in [0.05, 0.1) is 6.61 Å². The van der Waals surface area contributed by atoms with Crippen LogP contribution in [-0.2, 0) is 4.74 Å². The number of methoxy groups -OCH3 is 1. The number of carbonyl (C=O) groups excluding carboxylic acids is 2. The molecule has 0 spiro atoms. The lowest BCUT2D eigenvalue weighted by Gasteiger charge is -2.09. The Bertz CT molecular complexity index is 1030. The van der Waals surface area contributed by atoms with Gasteiger partial charge in [0.1, 0.15) is 12.4 Å². The molecule has 2 amide bonds. The van der Waals surface area contributed by atoms with E-state index in [0.29, 0.717) is 51.5 Å². The molecule has 0 fully saturated rings. The summed E-state index contributed by atoms with van der Waals surface area (Å²) in [5.74, 6) is 0.0677. The highest BCUT2D eigenvalue weighted by atomic mass is 35.5. The van der Waals surface area contributed by atoms with E-state index in [2.05, 4.69) is 10.6 Å². The Balaban J connectivity index is 1.58. The van der Waals surface area contributed by atoms with Crippen LogP contribution in [0.3, 0.4) is 0 Å². The molecule has 0 aliphatic rings. The molecule has 31 heavy (non-hydrogen) atoms. The summed E-state index contributed by atoms with van der Waals surface area (Å²) in [7, 11) is 1.61. The second-order valence-electron chi connectivity index (χ2n) is 6.51. The van der Waals surface area contributed by atoms with E-state index in [1.165, 1.54) is 12.1 Å². The fraction of sp³-hybridized carbons (Fsp3) is 0.130. The van der Waals surface area contributed by atoms with E-state index >= 15 is 0 Å². The van der Waals surface area contributed by atoms with Crippen molar-refractivity contribution in [3.63, 3.8) is 0 Å². The molecule has 8 heteroatoms. The van der Waals surface area contributed by atoms with Crippen LogP contribution in [0.15, 0.2) is 66.7 Å². The number of rotatable bonds is 8. The highest BCUT2D eigenvalue weighted by molar-refractivity contribution is 6.35. The highest BCUT2D eigenvalue weighted by Crippen LogP contribution is 2.21. The summed E-state index contributed by atoms with van der Waals surface area (Å²) in [6, 6.07) is 18.2. The van der Waals surface area contributed by atoms with E-state index in [1.807, 2.05) is 0 Å². The maximum absolute atomic E-state index is 12.5. The first-order chi connectivity index (χ1) is 14.9. The Labute approximate surface area is 190 Å². The van der Waals surface area contributed by atoms with Gasteiger partial charge in [0, 0.05) is 39.7 Å². The zero-order chi connectivity index (χ0) is 22.2. The van der Waals surface area contributed by atoms with Gasteiger partial charge in [0.25, 0.3) is 11.8 Å². The summed E-state index contributed by atoms with van der Waals surface area (Å²) in [6.45, 7) is 0.956. The largest absolute Gasteiger partial charge is 0.491 e. The van der Waals surface area contributed by atoms with Gasteiger partial charge < -0.3 is 20.1 Å². The third-order valence-electron chi connectivity index (χ3n) is 4.20. The van der Waals surface area contributed by atoms with Crippen molar-refractivity contribution in [1.29, 1.82) is 0 Å². The number of anilines is 2. The lowest BCUT2D eigenvalue weighted by atomic mass is 10.1. The Kier molecular flexibility index (Phi) is 7.89. The van der Waals surface area contributed by atoms with Crippen LogP contribution in [-0.4, -0.2) is 32.1 Å². The standard InChI is InChI=1S/C23H20Cl2N2O4/c1-30-10-11-31-21-8-6-20(7-9-21)26-22(28)15-2-4-19(5-3-15)27-23(29)16-12-17(24)14-18(25)13-16/h2-9,12-14H,10-11H2,1H3,(H,26,28)(H,27,29). The quantitative estimate of drug-likeness (QED) is 0.435. The van der Waals surface area contributed by atoms with Gasteiger partial charge in [-0.15, -0.1) is 0 Å². The van der Waals surface area contributed by atoms with Crippen molar-refractivity contribution in [3.8, 4) is 5.75 Å². The van der Waals surface area contributed by atoms with Gasteiger partial charge in [-0.3, -0.25) is 9.59 Å². The van der Waals surface area contributed by atoms with Gasteiger partial charge in [0.2, 0.25) is 0 Å². The van der Waals surface area contributed by atoms with Crippen LogP contribution in [0.2, 0.25) is 10.0 Å². The molecule has 3 rings (SSSR count). The van der Waals surface area contributed by atoms with E-state index in [-0.39, 0.29) is 11.8 Å². The minimum Gasteiger partial charge on any atom is -0.491 e. The summed E-state index contributed by atoms with van der Waals surface area (Å²) >= 11 is 11.9. The third-order valence-corrected chi connectivity index (χ3v) is 4.63. The number of nitrogens with one attached hydrogen (secondary N) is 2. The van der Waals surface area contributed by atoms with Crippen LogP contribution in [0, 0.1) is 0 Å². The van der Waals surface area contributed by atoms with Gasteiger partial charge >= 0.3 is 0 Å². The molecule has 160 valence electrons. The van der Waals surface area contributed by atoms with E-state index in [9.17, 15) is 9.59 Å². The third kappa shape index (κ3) is 6.72. The molecule has 2 N–H and O–H groups in total. The van der Waals surface area contributed by atoms with Crippen LogP contribution in [0.5, 0.6) is 5.75 Å². The lowest BCUT2D eigenvalue weighted by molar-refractivity contribution is 0.102.